The topological polar surface area (TPSA) is 64.3 Å². The van der Waals surface area contributed by atoms with Gasteiger partial charge in [0.05, 0.1) is 6.54 Å². The summed E-state index contributed by atoms with van der Waals surface area (Å²) in [4.78, 5) is 11.9. The molecular weight excluding hydrogens is 271 g/mol. The van der Waals surface area contributed by atoms with Crippen molar-refractivity contribution in [1.29, 1.82) is 0 Å². The number of rotatable bonds is 5. The van der Waals surface area contributed by atoms with Crippen LogP contribution in [-0.2, 0) is 0 Å². The molecular formula is C16H17FN2O2. The zero-order chi connectivity index (χ0) is 15.2. The van der Waals surface area contributed by atoms with Gasteiger partial charge in [-0.25, -0.2) is 4.39 Å². The first-order chi connectivity index (χ1) is 10.1. The fourth-order valence-corrected chi connectivity index (χ4v) is 1.91. The lowest BCUT2D eigenvalue weighted by molar-refractivity contribution is 0.0946. The molecule has 2 rings (SSSR count). The van der Waals surface area contributed by atoms with E-state index in [4.69, 9.17) is 10.5 Å². The van der Waals surface area contributed by atoms with E-state index >= 15 is 0 Å². The molecule has 2 aromatic carbocycles. The van der Waals surface area contributed by atoms with Crippen LogP contribution in [0, 0.1) is 12.7 Å². The summed E-state index contributed by atoms with van der Waals surface area (Å²) in [6.07, 6.45) is 0. The van der Waals surface area contributed by atoms with Gasteiger partial charge in [-0.3, -0.25) is 4.79 Å². The molecule has 0 aliphatic carbocycles. The lowest BCUT2D eigenvalue weighted by atomic mass is 10.1. The normalized spacial score (nSPS) is 10.2. The van der Waals surface area contributed by atoms with Crippen LogP contribution in [0.1, 0.15) is 15.9 Å². The van der Waals surface area contributed by atoms with Crippen molar-refractivity contribution in [3.63, 3.8) is 0 Å². The molecule has 0 spiro atoms. The predicted octanol–water partition coefficient (Wildman–Crippen LogP) is 2.53. The highest BCUT2D eigenvalue weighted by molar-refractivity contribution is 5.95. The number of carbonyl (C=O) groups excluding carboxylic acids is 1. The molecule has 110 valence electrons. The number of aryl methyl sites for hydroxylation is 1. The van der Waals surface area contributed by atoms with Crippen LogP contribution in [-0.4, -0.2) is 19.1 Å². The van der Waals surface area contributed by atoms with Crippen LogP contribution in [0.5, 0.6) is 5.75 Å². The minimum Gasteiger partial charge on any atom is -0.492 e. The van der Waals surface area contributed by atoms with Gasteiger partial charge in [0.1, 0.15) is 18.2 Å². The molecule has 1 amide bonds. The van der Waals surface area contributed by atoms with Crippen molar-refractivity contribution >= 4 is 11.6 Å². The summed E-state index contributed by atoms with van der Waals surface area (Å²) in [5.41, 5.74) is 7.32. The maximum atomic E-state index is 13.0. The molecule has 0 atom stereocenters. The fraction of sp³-hybridized carbons (Fsp3) is 0.188. The number of carbonyl (C=O) groups is 1. The van der Waals surface area contributed by atoms with E-state index in [1.165, 1.54) is 18.2 Å². The Morgan fingerprint density at radius 2 is 2.10 bits per heavy atom. The van der Waals surface area contributed by atoms with E-state index in [2.05, 4.69) is 5.32 Å². The first kappa shape index (κ1) is 14.8. The minimum absolute atomic E-state index is 0.247. The highest BCUT2D eigenvalue weighted by Crippen LogP contribution is 2.14. The van der Waals surface area contributed by atoms with Crippen molar-refractivity contribution in [2.45, 2.75) is 6.92 Å². The maximum absolute atomic E-state index is 13.0. The number of anilines is 1. The smallest absolute Gasteiger partial charge is 0.251 e. The van der Waals surface area contributed by atoms with Crippen LogP contribution in [0.25, 0.3) is 0 Å². The van der Waals surface area contributed by atoms with Crippen molar-refractivity contribution in [3.05, 3.63) is 59.4 Å². The first-order valence-electron chi connectivity index (χ1n) is 6.59. The average Bonchev–Trinajstić information content (AvgIpc) is 2.43. The van der Waals surface area contributed by atoms with Gasteiger partial charge in [0, 0.05) is 17.3 Å². The lowest BCUT2D eigenvalue weighted by Crippen LogP contribution is -2.28. The number of hydrogen-bond donors (Lipinski definition) is 2. The van der Waals surface area contributed by atoms with E-state index in [0.29, 0.717) is 35.7 Å². The van der Waals surface area contributed by atoms with Crippen LogP contribution in [0.15, 0.2) is 42.5 Å². The molecule has 4 nitrogen and oxygen atoms in total. The van der Waals surface area contributed by atoms with Gasteiger partial charge in [0.25, 0.3) is 5.91 Å². The zero-order valence-corrected chi connectivity index (χ0v) is 11.7. The van der Waals surface area contributed by atoms with Gasteiger partial charge < -0.3 is 15.8 Å². The van der Waals surface area contributed by atoms with Gasteiger partial charge in [-0.05, 0) is 42.8 Å². The Morgan fingerprint density at radius 3 is 2.81 bits per heavy atom. The van der Waals surface area contributed by atoms with E-state index in [1.807, 2.05) is 0 Å². The Balaban J connectivity index is 1.82. The van der Waals surface area contributed by atoms with Gasteiger partial charge in [-0.1, -0.05) is 6.07 Å². The van der Waals surface area contributed by atoms with E-state index in [1.54, 1.807) is 31.2 Å². The lowest BCUT2D eigenvalue weighted by Gasteiger charge is -2.09. The molecule has 0 radical (unpaired) electrons. The summed E-state index contributed by atoms with van der Waals surface area (Å²) in [5.74, 6) is 0.0555. The third-order valence-electron chi connectivity index (χ3n) is 2.95. The van der Waals surface area contributed by atoms with Gasteiger partial charge in [-0.15, -0.1) is 0 Å². The van der Waals surface area contributed by atoms with Gasteiger partial charge in [0.2, 0.25) is 0 Å². The molecule has 0 heterocycles. The number of nitrogens with one attached hydrogen (secondary N) is 1. The number of nitrogens with two attached hydrogens (primary N) is 1. The van der Waals surface area contributed by atoms with Gasteiger partial charge in [-0.2, -0.15) is 0 Å². The van der Waals surface area contributed by atoms with Crippen molar-refractivity contribution in [3.8, 4) is 5.75 Å². The third kappa shape index (κ3) is 4.21. The summed E-state index contributed by atoms with van der Waals surface area (Å²) in [5, 5.41) is 2.73. The Kier molecular flexibility index (Phi) is 4.77. The van der Waals surface area contributed by atoms with Gasteiger partial charge >= 0.3 is 0 Å². The Morgan fingerprint density at radius 1 is 1.29 bits per heavy atom. The molecule has 2 aromatic rings. The molecule has 21 heavy (non-hydrogen) atoms. The second-order valence-electron chi connectivity index (χ2n) is 4.64. The molecule has 0 bridgehead atoms. The number of benzene rings is 2. The van der Waals surface area contributed by atoms with E-state index in [-0.39, 0.29) is 11.7 Å². The standard InChI is InChI=1S/C16H17FN2O2/c1-11-9-12(17)5-6-15(11)16(20)19-7-8-21-14-4-2-3-13(18)10-14/h2-6,9-10H,7-8,18H2,1H3,(H,19,20). The number of hydrogen-bond acceptors (Lipinski definition) is 3. The summed E-state index contributed by atoms with van der Waals surface area (Å²) in [7, 11) is 0. The van der Waals surface area contributed by atoms with Gasteiger partial charge in [0.15, 0.2) is 0 Å². The van der Waals surface area contributed by atoms with Crippen molar-refractivity contribution in [2.24, 2.45) is 0 Å². The van der Waals surface area contributed by atoms with Crippen LogP contribution in [0.4, 0.5) is 10.1 Å². The highest BCUT2D eigenvalue weighted by Gasteiger charge is 2.08. The minimum atomic E-state index is -0.353. The SMILES string of the molecule is Cc1cc(F)ccc1C(=O)NCCOc1cccc(N)c1. The second kappa shape index (κ2) is 6.74. The van der Waals surface area contributed by atoms with Crippen LogP contribution >= 0.6 is 0 Å². The van der Waals surface area contributed by atoms with Crippen molar-refractivity contribution in [2.75, 3.05) is 18.9 Å². The number of amides is 1. The van der Waals surface area contributed by atoms with Crippen molar-refractivity contribution < 1.29 is 13.9 Å². The van der Waals surface area contributed by atoms with Crippen LogP contribution < -0.4 is 15.8 Å². The molecule has 0 aliphatic heterocycles. The summed E-state index contributed by atoms with van der Waals surface area (Å²) in [6, 6.07) is 11.1. The quantitative estimate of drug-likeness (QED) is 0.656. The molecule has 0 saturated carbocycles. The summed E-state index contributed by atoms with van der Waals surface area (Å²) in [6.45, 7) is 2.38. The monoisotopic (exact) mass is 288 g/mol. The molecule has 0 aliphatic rings. The van der Waals surface area contributed by atoms with E-state index in [9.17, 15) is 9.18 Å². The number of ether oxygens (including phenoxy) is 1. The number of halogens is 1. The molecule has 0 fully saturated rings. The Bertz CT molecular complexity index is 644. The van der Waals surface area contributed by atoms with E-state index < -0.39 is 0 Å². The molecule has 0 aromatic heterocycles. The summed E-state index contributed by atoms with van der Waals surface area (Å²) < 4.78 is 18.4. The third-order valence-corrected chi connectivity index (χ3v) is 2.95. The van der Waals surface area contributed by atoms with Crippen LogP contribution in [0.2, 0.25) is 0 Å². The predicted molar refractivity (Wildman–Crippen MR) is 79.8 cm³/mol. The molecule has 5 heteroatoms. The Labute approximate surface area is 122 Å². The first-order valence-corrected chi connectivity index (χ1v) is 6.59. The zero-order valence-electron chi connectivity index (χ0n) is 11.7. The fourth-order valence-electron chi connectivity index (χ4n) is 1.91. The van der Waals surface area contributed by atoms with Crippen molar-refractivity contribution in [1.82, 2.24) is 5.32 Å². The molecule has 3 N–H and O–H groups in total. The Hall–Kier alpha value is -2.56. The number of nitrogen functional groups attached to an aromatic ring is 1. The van der Waals surface area contributed by atoms with Crippen LogP contribution in [0.3, 0.4) is 0 Å². The average molecular weight is 288 g/mol. The summed E-state index contributed by atoms with van der Waals surface area (Å²) >= 11 is 0. The van der Waals surface area contributed by atoms with E-state index in [0.717, 1.165) is 0 Å². The maximum Gasteiger partial charge on any atom is 0.251 e. The highest BCUT2D eigenvalue weighted by atomic mass is 19.1. The second-order valence-corrected chi connectivity index (χ2v) is 4.64. The molecule has 0 unspecified atom stereocenters. The molecule has 0 saturated heterocycles. The largest absolute Gasteiger partial charge is 0.492 e.